The maximum absolute atomic E-state index is 12.1. The summed E-state index contributed by atoms with van der Waals surface area (Å²) in [5.74, 6) is -1.73. The van der Waals surface area contributed by atoms with Crippen LogP contribution < -0.4 is 4.74 Å². The van der Waals surface area contributed by atoms with Gasteiger partial charge in [-0.15, -0.1) is 0 Å². The van der Waals surface area contributed by atoms with Crippen LogP contribution in [0.1, 0.15) is 35.3 Å². The molecule has 0 radical (unpaired) electrons. The second-order valence-electron chi connectivity index (χ2n) is 4.47. The van der Waals surface area contributed by atoms with E-state index in [1.807, 2.05) is 0 Å². The van der Waals surface area contributed by atoms with Crippen molar-refractivity contribution in [1.29, 1.82) is 0 Å². The highest BCUT2D eigenvalue weighted by Crippen LogP contribution is 2.25. The topological polar surface area (TPSA) is 68.7 Å². The normalized spacial score (nSPS) is 13.0. The van der Waals surface area contributed by atoms with E-state index in [9.17, 15) is 18.0 Å². The standard InChI is InChI=1S/C13H16F3NO4/c1-8(5-6-20-2)11-9(12(18)19)3-4-10(17-11)21-7-13(14,15)16/h3-4,8H,5-7H2,1-2H3,(H,18,19). The van der Waals surface area contributed by atoms with E-state index in [0.29, 0.717) is 13.0 Å². The van der Waals surface area contributed by atoms with Crippen LogP contribution in [0.15, 0.2) is 12.1 Å². The minimum absolute atomic E-state index is 0.0574. The quantitative estimate of drug-likeness (QED) is 0.839. The third kappa shape index (κ3) is 5.58. The van der Waals surface area contributed by atoms with E-state index in [1.54, 1.807) is 6.92 Å². The molecule has 0 aliphatic rings. The third-order valence-corrected chi connectivity index (χ3v) is 2.74. The average molecular weight is 307 g/mol. The van der Waals surface area contributed by atoms with E-state index >= 15 is 0 Å². The first-order chi connectivity index (χ1) is 9.74. The molecule has 0 saturated carbocycles. The van der Waals surface area contributed by atoms with Crippen molar-refractivity contribution >= 4 is 5.97 Å². The van der Waals surface area contributed by atoms with Gasteiger partial charge in [-0.1, -0.05) is 6.92 Å². The molecule has 0 saturated heterocycles. The smallest absolute Gasteiger partial charge is 0.422 e. The lowest BCUT2D eigenvalue weighted by atomic mass is 9.99. The Hall–Kier alpha value is -1.83. The molecule has 0 aromatic carbocycles. The fourth-order valence-electron chi connectivity index (χ4n) is 1.68. The Morgan fingerprint density at radius 2 is 2.10 bits per heavy atom. The molecule has 0 bridgehead atoms. The Balaban J connectivity index is 2.97. The van der Waals surface area contributed by atoms with E-state index in [0.717, 1.165) is 6.07 Å². The number of aromatic carboxylic acids is 1. The van der Waals surface area contributed by atoms with Crippen LogP contribution in [-0.4, -0.2) is 42.6 Å². The number of methoxy groups -OCH3 is 1. The molecule has 1 aromatic rings. The van der Waals surface area contributed by atoms with Crippen LogP contribution in [0.4, 0.5) is 13.2 Å². The molecule has 0 fully saturated rings. The number of ether oxygens (including phenoxy) is 2. The molecular weight excluding hydrogens is 291 g/mol. The zero-order valence-corrected chi connectivity index (χ0v) is 11.6. The number of pyridine rings is 1. The highest BCUT2D eigenvalue weighted by molar-refractivity contribution is 5.89. The Morgan fingerprint density at radius 1 is 1.43 bits per heavy atom. The summed E-state index contributed by atoms with van der Waals surface area (Å²) in [7, 11) is 1.50. The second-order valence-corrected chi connectivity index (χ2v) is 4.47. The van der Waals surface area contributed by atoms with Crippen molar-refractivity contribution in [3.63, 3.8) is 0 Å². The molecule has 1 atom stereocenters. The highest BCUT2D eigenvalue weighted by atomic mass is 19.4. The van der Waals surface area contributed by atoms with Crippen molar-refractivity contribution in [2.45, 2.75) is 25.4 Å². The van der Waals surface area contributed by atoms with Gasteiger partial charge in [0.2, 0.25) is 5.88 Å². The highest BCUT2D eigenvalue weighted by Gasteiger charge is 2.29. The zero-order chi connectivity index (χ0) is 16.0. The van der Waals surface area contributed by atoms with Crippen LogP contribution in [-0.2, 0) is 4.74 Å². The number of alkyl halides is 3. The number of rotatable bonds is 7. The summed E-state index contributed by atoms with van der Waals surface area (Å²) in [5.41, 5.74) is 0.122. The van der Waals surface area contributed by atoms with Crippen molar-refractivity contribution in [3.05, 3.63) is 23.4 Å². The Bertz CT molecular complexity index is 491. The Labute approximate surface area is 119 Å². The maximum atomic E-state index is 12.1. The molecule has 1 heterocycles. The fraction of sp³-hybridized carbons (Fsp3) is 0.538. The number of carbonyl (C=O) groups is 1. The molecule has 1 N–H and O–H groups in total. The molecule has 1 aromatic heterocycles. The molecular formula is C13H16F3NO4. The van der Waals surface area contributed by atoms with E-state index in [1.165, 1.54) is 13.2 Å². The van der Waals surface area contributed by atoms with Crippen LogP contribution >= 0.6 is 0 Å². The van der Waals surface area contributed by atoms with Gasteiger partial charge >= 0.3 is 12.1 Å². The average Bonchev–Trinajstić information content (AvgIpc) is 2.41. The molecule has 0 amide bonds. The summed E-state index contributed by atoms with van der Waals surface area (Å²) in [6.45, 7) is 0.634. The summed E-state index contributed by atoms with van der Waals surface area (Å²) in [6, 6.07) is 2.31. The molecule has 0 aliphatic carbocycles. The summed E-state index contributed by atoms with van der Waals surface area (Å²) < 4.78 is 45.8. The van der Waals surface area contributed by atoms with Crippen molar-refractivity contribution in [2.75, 3.05) is 20.3 Å². The molecule has 1 rings (SSSR count). The van der Waals surface area contributed by atoms with Crippen molar-refractivity contribution in [3.8, 4) is 5.88 Å². The van der Waals surface area contributed by atoms with Crippen LogP contribution in [0, 0.1) is 0 Å². The summed E-state index contributed by atoms with van der Waals surface area (Å²) >= 11 is 0. The van der Waals surface area contributed by atoms with Crippen molar-refractivity contribution in [1.82, 2.24) is 4.98 Å². The second kappa shape index (κ2) is 7.26. The first kappa shape index (κ1) is 17.2. The van der Waals surface area contributed by atoms with Gasteiger partial charge in [0.25, 0.3) is 0 Å². The lowest BCUT2D eigenvalue weighted by molar-refractivity contribution is -0.154. The minimum atomic E-state index is -4.48. The first-order valence-electron chi connectivity index (χ1n) is 6.17. The van der Waals surface area contributed by atoms with Crippen molar-refractivity contribution < 1.29 is 32.5 Å². The minimum Gasteiger partial charge on any atom is -0.478 e. The van der Waals surface area contributed by atoms with E-state index < -0.39 is 18.8 Å². The molecule has 21 heavy (non-hydrogen) atoms. The van der Waals surface area contributed by atoms with Gasteiger partial charge in [0.15, 0.2) is 6.61 Å². The van der Waals surface area contributed by atoms with Crippen molar-refractivity contribution in [2.24, 2.45) is 0 Å². The summed E-state index contributed by atoms with van der Waals surface area (Å²) in [4.78, 5) is 15.0. The van der Waals surface area contributed by atoms with Crippen LogP contribution in [0.5, 0.6) is 5.88 Å². The van der Waals surface area contributed by atoms with E-state index in [4.69, 9.17) is 9.84 Å². The van der Waals surface area contributed by atoms with E-state index in [-0.39, 0.29) is 23.1 Å². The van der Waals surface area contributed by atoms with Gasteiger partial charge in [0, 0.05) is 25.7 Å². The molecule has 1 unspecified atom stereocenters. The lowest BCUT2D eigenvalue weighted by Crippen LogP contribution is -2.20. The van der Waals surface area contributed by atoms with Gasteiger partial charge < -0.3 is 14.6 Å². The van der Waals surface area contributed by atoms with Crippen LogP contribution in [0.3, 0.4) is 0 Å². The number of nitrogens with zero attached hydrogens (tertiary/aromatic N) is 1. The molecule has 8 heteroatoms. The Morgan fingerprint density at radius 3 is 2.62 bits per heavy atom. The van der Waals surface area contributed by atoms with Gasteiger partial charge in [0.1, 0.15) is 0 Å². The van der Waals surface area contributed by atoms with Gasteiger partial charge in [0.05, 0.1) is 11.3 Å². The number of carboxylic acids is 1. The van der Waals surface area contributed by atoms with E-state index in [2.05, 4.69) is 9.72 Å². The fourth-order valence-corrected chi connectivity index (χ4v) is 1.68. The number of hydrogen-bond acceptors (Lipinski definition) is 4. The van der Waals surface area contributed by atoms with Crippen LogP contribution in [0.25, 0.3) is 0 Å². The summed E-state index contributed by atoms with van der Waals surface area (Å²) in [5, 5.41) is 9.10. The lowest BCUT2D eigenvalue weighted by Gasteiger charge is -2.15. The SMILES string of the molecule is COCCC(C)c1nc(OCC(F)(F)F)ccc1C(=O)O. The Kier molecular flexibility index (Phi) is 5.95. The first-order valence-corrected chi connectivity index (χ1v) is 6.17. The van der Waals surface area contributed by atoms with Crippen LogP contribution in [0.2, 0.25) is 0 Å². The monoisotopic (exact) mass is 307 g/mol. The predicted octanol–water partition coefficient (Wildman–Crippen LogP) is 2.86. The number of hydrogen-bond donors (Lipinski definition) is 1. The van der Waals surface area contributed by atoms with Gasteiger partial charge in [-0.25, -0.2) is 9.78 Å². The van der Waals surface area contributed by atoms with Gasteiger partial charge in [-0.05, 0) is 12.5 Å². The number of halogens is 3. The molecule has 0 spiro atoms. The van der Waals surface area contributed by atoms with Gasteiger partial charge in [-0.3, -0.25) is 0 Å². The summed E-state index contributed by atoms with van der Waals surface area (Å²) in [6.07, 6.45) is -3.98. The number of carboxylic acid groups (broad SMARTS) is 1. The maximum Gasteiger partial charge on any atom is 0.422 e. The zero-order valence-electron chi connectivity index (χ0n) is 11.6. The van der Waals surface area contributed by atoms with Gasteiger partial charge in [-0.2, -0.15) is 13.2 Å². The number of aromatic nitrogens is 1. The molecule has 118 valence electrons. The molecule has 5 nitrogen and oxygen atoms in total. The largest absolute Gasteiger partial charge is 0.478 e. The molecule has 0 aliphatic heterocycles. The third-order valence-electron chi connectivity index (χ3n) is 2.74. The predicted molar refractivity (Wildman–Crippen MR) is 67.7 cm³/mol.